The van der Waals surface area contributed by atoms with Crippen molar-refractivity contribution in [2.24, 2.45) is 0 Å². The molecule has 3 nitrogen and oxygen atoms in total. The van der Waals surface area contributed by atoms with E-state index in [-0.39, 0.29) is 17.6 Å². The summed E-state index contributed by atoms with van der Waals surface area (Å²) in [5.74, 6) is 0.538. The van der Waals surface area contributed by atoms with Crippen molar-refractivity contribution in [1.29, 1.82) is 0 Å². The first-order valence-electron chi connectivity index (χ1n) is 5.18. The van der Waals surface area contributed by atoms with Gasteiger partial charge in [-0.25, -0.2) is 0 Å². The maximum atomic E-state index is 11.2. The zero-order valence-electron chi connectivity index (χ0n) is 9.41. The van der Waals surface area contributed by atoms with Crippen molar-refractivity contribution in [3.63, 3.8) is 0 Å². The van der Waals surface area contributed by atoms with Gasteiger partial charge in [-0.15, -0.1) is 0 Å². The highest BCUT2D eigenvalue weighted by atomic mass is 16.5. The molecule has 0 fully saturated rings. The quantitative estimate of drug-likeness (QED) is 0.612. The number of hydrogen-bond acceptors (Lipinski definition) is 3. The van der Waals surface area contributed by atoms with E-state index in [2.05, 4.69) is 6.58 Å². The lowest BCUT2D eigenvalue weighted by atomic mass is 10.0. The molecule has 0 spiro atoms. The summed E-state index contributed by atoms with van der Waals surface area (Å²) in [6.45, 7) is 7.17. The molecule has 0 amide bonds. The summed E-state index contributed by atoms with van der Waals surface area (Å²) in [7, 11) is 0. The van der Waals surface area contributed by atoms with Crippen LogP contribution in [0.1, 0.15) is 29.8 Å². The Morgan fingerprint density at radius 3 is 2.75 bits per heavy atom. The van der Waals surface area contributed by atoms with Crippen molar-refractivity contribution in [3.05, 3.63) is 35.4 Å². The molecule has 2 rings (SSSR count). The molecule has 1 heterocycles. The minimum absolute atomic E-state index is 0.0252. The maximum Gasteiger partial charge on any atom is 0.163 e. The normalized spacial score (nSPS) is 17.8. The minimum atomic E-state index is -0.164. The molecule has 1 aromatic carbocycles. The standard InChI is InChI=1S/C13H14O3/c1-7(2)12-5-9-4-11(15)10(8(3)14)6-13(9)16-12/h4,6,12,15H,1,5H2,2-3H3/t12-/m0/s1. The Bertz CT molecular complexity index is 474. The lowest BCUT2D eigenvalue weighted by Gasteiger charge is -2.09. The number of benzene rings is 1. The molecule has 3 heteroatoms. The van der Waals surface area contributed by atoms with Crippen LogP contribution in [-0.4, -0.2) is 17.0 Å². The van der Waals surface area contributed by atoms with Gasteiger partial charge in [-0.3, -0.25) is 4.79 Å². The van der Waals surface area contributed by atoms with Gasteiger partial charge >= 0.3 is 0 Å². The first kappa shape index (κ1) is 10.7. The number of rotatable bonds is 2. The van der Waals surface area contributed by atoms with Crippen molar-refractivity contribution in [2.75, 3.05) is 0 Å². The fraction of sp³-hybridized carbons (Fsp3) is 0.308. The average Bonchev–Trinajstić information content (AvgIpc) is 2.58. The van der Waals surface area contributed by atoms with Crippen molar-refractivity contribution in [1.82, 2.24) is 0 Å². The summed E-state index contributed by atoms with van der Waals surface area (Å²) in [5, 5.41) is 9.67. The fourth-order valence-electron chi connectivity index (χ4n) is 1.83. The van der Waals surface area contributed by atoms with Crippen LogP contribution in [0.5, 0.6) is 11.5 Å². The first-order chi connectivity index (χ1) is 7.49. The summed E-state index contributed by atoms with van der Waals surface area (Å²) >= 11 is 0. The van der Waals surface area contributed by atoms with Gasteiger partial charge in [0.2, 0.25) is 0 Å². The number of Topliss-reactive ketones (excluding diaryl/α,β-unsaturated/α-hetero) is 1. The summed E-state index contributed by atoms with van der Waals surface area (Å²) in [5.41, 5.74) is 2.18. The highest BCUT2D eigenvalue weighted by molar-refractivity contribution is 5.97. The molecule has 0 saturated carbocycles. The van der Waals surface area contributed by atoms with Crippen LogP contribution in [0.4, 0.5) is 0 Å². The van der Waals surface area contributed by atoms with Crippen LogP contribution in [0, 0.1) is 0 Å². The molecular weight excluding hydrogens is 204 g/mol. The van der Waals surface area contributed by atoms with Gasteiger partial charge in [0, 0.05) is 12.0 Å². The summed E-state index contributed by atoms with van der Waals surface area (Å²) < 4.78 is 5.65. The number of carbonyl (C=O) groups excluding carboxylic acids is 1. The average molecular weight is 218 g/mol. The number of carbonyl (C=O) groups is 1. The zero-order chi connectivity index (χ0) is 11.9. The van der Waals surface area contributed by atoms with Crippen LogP contribution < -0.4 is 4.74 Å². The molecule has 0 unspecified atom stereocenters. The largest absolute Gasteiger partial charge is 0.507 e. The second-order valence-corrected chi connectivity index (χ2v) is 4.19. The van der Waals surface area contributed by atoms with E-state index >= 15 is 0 Å². The summed E-state index contributed by atoms with van der Waals surface area (Å²) in [6, 6.07) is 3.21. The van der Waals surface area contributed by atoms with E-state index in [1.165, 1.54) is 6.92 Å². The number of phenols is 1. The molecule has 1 aliphatic heterocycles. The molecule has 1 atom stereocenters. The van der Waals surface area contributed by atoms with Crippen molar-refractivity contribution in [3.8, 4) is 11.5 Å². The van der Waals surface area contributed by atoms with Gasteiger partial charge in [0.05, 0.1) is 5.56 Å². The topological polar surface area (TPSA) is 46.5 Å². The monoisotopic (exact) mass is 218 g/mol. The maximum absolute atomic E-state index is 11.2. The molecule has 0 aromatic heterocycles. The highest BCUT2D eigenvalue weighted by Crippen LogP contribution is 2.36. The van der Waals surface area contributed by atoms with Crippen LogP contribution in [0.3, 0.4) is 0 Å². The molecule has 0 aliphatic carbocycles. The first-order valence-corrected chi connectivity index (χ1v) is 5.18. The Morgan fingerprint density at radius 1 is 1.50 bits per heavy atom. The van der Waals surface area contributed by atoms with Gasteiger partial charge in [-0.05, 0) is 31.6 Å². The lowest BCUT2D eigenvalue weighted by Crippen LogP contribution is -2.13. The number of ether oxygens (including phenoxy) is 1. The second kappa shape index (κ2) is 3.67. The molecule has 1 N–H and O–H groups in total. The Hall–Kier alpha value is -1.77. The van der Waals surface area contributed by atoms with E-state index < -0.39 is 0 Å². The number of phenolic OH excluding ortho intramolecular Hbond substituents is 1. The summed E-state index contributed by atoms with van der Waals surface area (Å²) in [6.07, 6.45) is 0.660. The summed E-state index contributed by atoms with van der Waals surface area (Å²) in [4.78, 5) is 11.2. The van der Waals surface area contributed by atoms with Crippen LogP contribution >= 0.6 is 0 Å². The Balaban J connectivity index is 2.40. The number of hydrogen-bond donors (Lipinski definition) is 1. The molecular formula is C13H14O3. The number of aromatic hydroxyl groups is 1. The third kappa shape index (κ3) is 1.69. The van der Waals surface area contributed by atoms with Crippen molar-refractivity contribution in [2.45, 2.75) is 26.4 Å². The third-order valence-corrected chi connectivity index (χ3v) is 2.78. The van der Waals surface area contributed by atoms with E-state index in [0.717, 1.165) is 11.1 Å². The van der Waals surface area contributed by atoms with Gasteiger partial charge in [0.25, 0.3) is 0 Å². The lowest BCUT2D eigenvalue weighted by molar-refractivity contribution is 0.101. The van der Waals surface area contributed by atoms with Crippen molar-refractivity contribution >= 4 is 5.78 Å². The Morgan fingerprint density at radius 2 is 2.19 bits per heavy atom. The predicted molar refractivity (Wildman–Crippen MR) is 61.0 cm³/mol. The van der Waals surface area contributed by atoms with E-state index in [1.54, 1.807) is 12.1 Å². The Labute approximate surface area is 94.4 Å². The van der Waals surface area contributed by atoms with Gasteiger partial charge < -0.3 is 9.84 Å². The molecule has 1 aliphatic rings. The molecule has 0 radical (unpaired) electrons. The Kier molecular flexibility index (Phi) is 2.46. The zero-order valence-corrected chi connectivity index (χ0v) is 9.41. The SMILES string of the molecule is C=C(C)[C@@H]1Cc2cc(O)c(C(C)=O)cc2O1. The molecule has 0 saturated heterocycles. The smallest absolute Gasteiger partial charge is 0.163 e. The van der Waals surface area contributed by atoms with Gasteiger partial charge in [0.15, 0.2) is 5.78 Å². The minimum Gasteiger partial charge on any atom is -0.507 e. The fourth-order valence-corrected chi connectivity index (χ4v) is 1.83. The third-order valence-electron chi connectivity index (χ3n) is 2.78. The van der Waals surface area contributed by atoms with Crippen molar-refractivity contribution < 1.29 is 14.6 Å². The van der Waals surface area contributed by atoms with Crippen LogP contribution in [0.15, 0.2) is 24.3 Å². The van der Waals surface area contributed by atoms with E-state index in [0.29, 0.717) is 17.7 Å². The number of fused-ring (bicyclic) bond motifs is 1. The molecule has 84 valence electrons. The van der Waals surface area contributed by atoms with Crippen LogP contribution in [0.25, 0.3) is 0 Å². The molecule has 16 heavy (non-hydrogen) atoms. The van der Waals surface area contributed by atoms with Gasteiger partial charge in [0.1, 0.15) is 17.6 Å². The van der Waals surface area contributed by atoms with E-state index in [4.69, 9.17) is 4.74 Å². The van der Waals surface area contributed by atoms with Gasteiger partial charge in [-0.1, -0.05) is 6.58 Å². The number of ketones is 1. The highest BCUT2D eigenvalue weighted by Gasteiger charge is 2.25. The predicted octanol–water partition coefficient (Wildman–Crippen LogP) is 2.47. The van der Waals surface area contributed by atoms with E-state index in [9.17, 15) is 9.90 Å². The van der Waals surface area contributed by atoms with E-state index in [1.807, 2.05) is 6.92 Å². The van der Waals surface area contributed by atoms with Crippen LogP contribution in [-0.2, 0) is 6.42 Å². The van der Waals surface area contributed by atoms with Crippen LogP contribution in [0.2, 0.25) is 0 Å². The van der Waals surface area contributed by atoms with Gasteiger partial charge in [-0.2, -0.15) is 0 Å². The molecule has 0 bridgehead atoms. The molecule has 1 aromatic rings. The second-order valence-electron chi connectivity index (χ2n) is 4.19.